The minimum Gasteiger partial charge on any atom is -0.386 e. The fourth-order valence-corrected chi connectivity index (χ4v) is 11.1. The second-order valence-corrected chi connectivity index (χ2v) is 20.6. The van der Waals surface area contributed by atoms with Crippen molar-refractivity contribution in [1.82, 2.24) is 0 Å². The molecule has 35 N–H and O–H groups in total. The molecule has 0 aromatic carbocycles. The average Bonchev–Trinajstić information content (AvgIpc) is 3.09. The third-order valence-electron chi connectivity index (χ3n) is 15.8. The van der Waals surface area contributed by atoms with Crippen LogP contribution in [0.3, 0.4) is 0 Å². The standard InChI is InChI=1S/C42H84N14O21.14ClH/c43-1-8-29-15(50)22(57)36(64-8)72-30-9(2-44)66-38(24(59)17(30)52)74-32-11(4-46)68-40(26(61)19(32)54)76-34-13(6-48)70-42(28(63)21(34)56)77-35-14(7-49)69-41(27(62)20(35)55)75-33-12(5-47)67-39(25(60)18(33)53)73-31-10(3-45)65-37(71-29)23(58)16(31)51;;;;;;;;;;;;;;/h8-42,57-63H,1-7,43-56H2;14*1H/t8-,9-,10-,11-,12-,13-,14-,15-,16-,17-,18+,19+,20+,21+,22-,23-,24-,25+,26+,27+,28+,29-,30-,31-,32-,33-,34-,35-,36-,37-,38-,39-,40-,41-,42-;;;;;;;;;;;;;;/m1............../s1. The SMILES string of the molecule is Cl.Cl.Cl.Cl.Cl.Cl.Cl.Cl.Cl.Cl.Cl.Cl.Cl.Cl.NC[C@H]1O[C@@H]2O[C@H]3[C@H](N)[C@@H](O)[C@@H](O[C@H]4[C@H](N)[C@@H](O)[C@@H](O[C@H]5[C@@H](N)[C@H](O)[C@@H](O[C@H]6[C@@H](N)[C@H](O)[C@@H](O[C@H]7[C@@H](N)[C@H](O)[C@@H](O[C@H]8[C@@H](N)[C@H](O)[C@@H](O[C@H]1[C@H](N)[C@H]2O)O[C@@H]8CN)O[C@@H]7CN)O[C@@H]6CN)O[C@@H]5CN)O[C@@H]4CN)O[C@@H]3CN. The van der Waals surface area contributed by atoms with Gasteiger partial charge in [0.15, 0.2) is 44.0 Å². The third-order valence-corrected chi connectivity index (χ3v) is 15.8. The molecule has 0 aromatic rings. The molecule has 91 heavy (non-hydrogen) atoms. The Hall–Kier alpha value is 2.66. The molecule has 560 valence electrons. The van der Waals surface area contributed by atoms with Gasteiger partial charge in [0.1, 0.15) is 128 Å². The summed E-state index contributed by atoms with van der Waals surface area (Å²) in [5, 5.41) is 81.1. The highest BCUT2D eigenvalue weighted by atomic mass is 35.5. The summed E-state index contributed by atoms with van der Waals surface area (Å²) in [6, 6.07) is -9.55. The van der Waals surface area contributed by atoms with E-state index in [2.05, 4.69) is 0 Å². The monoisotopic (exact) mass is 1620 g/mol. The van der Waals surface area contributed by atoms with E-state index < -0.39 is 215 Å². The minimum absolute atomic E-state index is 0. The molecule has 21 aliphatic heterocycles. The zero-order valence-corrected chi connectivity index (χ0v) is 59.2. The second kappa shape index (κ2) is 47.0. The number of halogens is 14. The predicted octanol–water partition coefficient (Wildman–Crippen LogP) is -9.80. The maximum atomic E-state index is 11.6. The van der Waals surface area contributed by atoms with E-state index in [9.17, 15) is 35.7 Å². The van der Waals surface area contributed by atoms with Crippen molar-refractivity contribution in [3.05, 3.63) is 0 Å². The van der Waals surface area contributed by atoms with Crippen LogP contribution >= 0.6 is 174 Å². The lowest BCUT2D eigenvalue weighted by Gasteiger charge is -2.51. The number of aliphatic hydroxyl groups is 7. The van der Waals surface area contributed by atoms with E-state index in [-0.39, 0.29) is 220 Å². The van der Waals surface area contributed by atoms with E-state index >= 15 is 0 Å². The van der Waals surface area contributed by atoms with E-state index in [1.165, 1.54) is 0 Å². The first-order valence-corrected chi connectivity index (χ1v) is 25.8. The average molecular weight is 1630 g/mol. The van der Waals surface area contributed by atoms with Crippen molar-refractivity contribution in [2.75, 3.05) is 45.8 Å². The maximum absolute atomic E-state index is 11.6. The number of nitrogens with two attached hydrogens (primary N) is 14. The van der Waals surface area contributed by atoms with Crippen molar-refractivity contribution < 1.29 is 102 Å². The number of ether oxygens (including phenoxy) is 14. The van der Waals surface area contributed by atoms with Crippen molar-refractivity contribution in [2.24, 2.45) is 80.3 Å². The largest absolute Gasteiger partial charge is 0.386 e. The lowest BCUT2D eigenvalue weighted by atomic mass is 9.93. The lowest BCUT2D eigenvalue weighted by molar-refractivity contribution is -0.365. The van der Waals surface area contributed by atoms with E-state index in [4.69, 9.17) is 147 Å². The van der Waals surface area contributed by atoms with Gasteiger partial charge in [-0.2, -0.15) is 0 Å². The van der Waals surface area contributed by atoms with Gasteiger partial charge in [0.2, 0.25) is 0 Å². The molecule has 0 unspecified atom stereocenters. The van der Waals surface area contributed by atoms with Crippen LogP contribution in [-0.2, 0) is 66.3 Å². The molecule has 21 heterocycles. The van der Waals surface area contributed by atoms with Gasteiger partial charge < -0.3 is 182 Å². The normalized spacial score (nSPS) is 46.8. The summed E-state index contributed by atoms with van der Waals surface area (Å²) in [5.74, 6) is 0. The highest BCUT2D eigenvalue weighted by Crippen LogP contribution is 2.37. The molecule has 0 radical (unpaired) electrons. The van der Waals surface area contributed by atoms with Crippen molar-refractivity contribution in [3.63, 3.8) is 0 Å². The molecule has 0 saturated carbocycles. The highest BCUT2D eigenvalue weighted by Gasteiger charge is 2.58. The molecule has 0 amide bonds. The Balaban J connectivity index is -0.00000101. The van der Waals surface area contributed by atoms with E-state index in [0.29, 0.717) is 0 Å². The molecule has 21 rings (SSSR count). The van der Waals surface area contributed by atoms with Gasteiger partial charge in [-0.05, 0) is 0 Å². The molecule has 0 aliphatic carbocycles. The quantitative estimate of drug-likeness (QED) is 0.113. The number of rotatable bonds is 7. The molecular formula is C42H98Cl14N14O21. The second-order valence-electron chi connectivity index (χ2n) is 20.6. The highest BCUT2D eigenvalue weighted by molar-refractivity contribution is 5.87. The van der Waals surface area contributed by atoms with Crippen LogP contribution in [0.2, 0.25) is 0 Å². The Morgan fingerprint density at radius 2 is 0.264 bits per heavy atom. The molecule has 0 aromatic heterocycles. The Kier molecular flexibility index (Phi) is 55.3. The van der Waals surface area contributed by atoms with Gasteiger partial charge in [0.25, 0.3) is 0 Å². The minimum atomic E-state index is -1.70. The predicted molar refractivity (Wildman–Crippen MR) is 357 cm³/mol. The van der Waals surface area contributed by atoms with Crippen LogP contribution in [0, 0.1) is 0 Å². The fraction of sp³-hybridized carbons (Fsp3) is 1.00. The van der Waals surface area contributed by atoms with Crippen LogP contribution in [0.5, 0.6) is 0 Å². The first-order chi connectivity index (χ1) is 36.7. The van der Waals surface area contributed by atoms with Crippen LogP contribution in [0.4, 0.5) is 0 Å². The van der Waals surface area contributed by atoms with E-state index in [1.54, 1.807) is 0 Å². The first kappa shape index (κ1) is 107. The van der Waals surface area contributed by atoms with Crippen LogP contribution in [-0.4, -0.2) is 296 Å². The number of aliphatic hydroxyl groups excluding tert-OH is 7. The van der Waals surface area contributed by atoms with Gasteiger partial charge >= 0.3 is 0 Å². The maximum Gasteiger partial charge on any atom is 0.186 e. The van der Waals surface area contributed by atoms with Gasteiger partial charge in [-0.15, -0.1) is 174 Å². The van der Waals surface area contributed by atoms with Gasteiger partial charge in [-0.25, -0.2) is 0 Å². The van der Waals surface area contributed by atoms with Gasteiger partial charge in [-0.3, -0.25) is 0 Å². The van der Waals surface area contributed by atoms with Crippen LogP contribution < -0.4 is 80.3 Å². The molecule has 21 aliphatic rings. The summed E-state index contributed by atoms with van der Waals surface area (Å²) in [7, 11) is 0. The van der Waals surface area contributed by atoms with Gasteiger partial charge in [0.05, 0.1) is 42.3 Å². The van der Waals surface area contributed by atoms with Crippen molar-refractivity contribution >= 4 is 174 Å². The van der Waals surface area contributed by atoms with Crippen molar-refractivity contribution in [3.8, 4) is 0 Å². The molecular weight excluding hydrogens is 1530 g/mol. The number of hydrogen-bond acceptors (Lipinski definition) is 35. The van der Waals surface area contributed by atoms with Crippen LogP contribution in [0.15, 0.2) is 0 Å². The topological polar surface area (TPSA) is 635 Å². The van der Waals surface area contributed by atoms with Gasteiger partial charge in [0, 0.05) is 45.8 Å². The molecule has 0 spiro atoms. The van der Waals surface area contributed by atoms with Crippen LogP contribution in [0.1, 0.15) is 0 Å². The first-order valence-electron chi connectivity index (χ1n) is 25.8. The summed E-state index contributed by atoms with van der Waals surface area (Å²) >= 11 is 0. The summed E-state index contributed by atoms with van der Waals surface area (Å²) in [6.45, 7) is -2.01. The summed E-state index contributed by atoms with van der Waals surface area (Å²) in [5.41, 5.74) is 89.1. The zero-order chi connectivity index (χ0) is 56.1. The Bertz CT molecular complexity index is 1560. The molecule has 35 nitrogen and oxygen atoms in total. The smallest absolute Gasteiger partial charge is 0.186 e. The Labute approximate surface area is 612 Å². The van der Waals surface area contributed by atoms with Crippen molar-refractivity contribution in [1.29, 1.82) is 0 Å². The lowest BCUT2D eigenvalue weighted by Crippen LogP contribution is -2.71. The summed E-state index contributed by atoms with van der Waals surface area (Å²) in [6.07, 6.45) is -40.2. The molecule has 21 fully saturated rings. The van der Waals surface area contributed by atoms with E-state index in [1.807, 2.05) is 0 Å². The molecule has 35 atom stereocenters. The Morgan fingerprint density at radius 3 is 0.341 bits per heavy atom. The molecule has 14 bridgehead atoms. The zero-order valence-electron chi connectivity index (χ0n) is 47.8. The number of hydrogen-bond donors (Lipinski definition) is 21. The summed E-state index contributed by atoms with van der Waals surface area (Å²) < 4.78 is 85.8. The van der Waals surface area contributed by atoms with E-state index in [0.717, 1.165) is 0 Å². The molecule has 49 heteroatoms. The summed E-state index contributed by atoms with van der Waals surface area (Å²) in [4.78, 5) is 0. The van der Waals surface area contributed by atoms with Crippen molar-refractivity contribution in [2.45, 2.75) is 215 Å². The fourth-order valence-electron chi connectivity index (χ4n) is 11.1. The van der Waals surface area contributed by atoms with Crippen LogP contribution in [0.25, 0.3) is 0 Å². The third kappa shape index (κ3) is 22.3. The molecule has 21 saturated heterocycles. The van der Waals surface area contributed by atoms with Gasteiger partial charge in [-0.1, -0.05) is 0 Å². The Morgan fingerprint density at radius 1 is 0.176 bits per heavy atom.